The molecule has 0 amide bonds. The Kier molecular flexibility index (Phi) is 6.67. The van der Waals surface area contributed by atoms with Crippen molar-refractivity contribution in [2.45, 2.75) is 57.9 Å². The average molecular weight is 314 g/mol. The van der Waals surface area contributed by atoms with Gasteiger partial charge in [0.15, 0.2) is 0 Å². The van der Waals surface area contributed by atoms with Crippen molar-refractivity contribution in [1.29, 1.82) is 0 Å². The predicted molar refractivity (Wildman–Crippen MR) is 88.8 cm³/mol. The summed E-state index contributed by atoms with van der Waals surface area (Å²) in [6.45, 7) is 3.34. The second-order valence-corrected chi connectivity index (χ2v) is 6.66. The van der Waals surface area contributed by atoms with Crippen LogP contribution < -0.4 is 5.32 Å². The van der Waals surface area contributed by atoms with E-state index in [4.69, 9.17) is 23.2 Å². The Morgan fingerprint density at radius 3 is 2.75 bits per heavy atom. The first kappa shape index (κ1) is 16.1. The van der Waals surface area contributed by atoms with E-state index in [1.807, 2.05) is 12.1 Å². The third-order valence-electron chi connectivity index (χ3n) is 4.33. The molecule has 20 heavy (non-hydrogen) atoms. The third-order valence-corrected chi connectivity index (χ3v) is 5.19. The number of benzene rings is 1. The molecule has 3 heteroatoms. The topological polar surface area (TPSA) is 12.0 Å². The molecule has 1 nitrogen and oxygen atoms in total. The van der Waals surface area contributed by atoms with Gasteiger partial charge in [0.05, 0.1) is 10.0 Å². The Bertz CT molecular complexity index is 419. The molecule has 112 valence electrons. The standard InChI is InChI=1S/C17H25Cl2N/c1-2-11-20-16-10-5-3-4-7-13(16)12-14-8-6-9-15(18)17(14)19/h6,8-9,13,16,20H,2-5,7,10-12H2,1H3. The molecule has 0 radical (unpaired) electrons. The van der Waals surface area contributed by atoms with Gasteiger partial charge in [-0.05, 0) is 49.8 Å². The van der Waals surface area contributed by atoms with Crippen LogP contribution in [-0.2, 0) is 6.42 Å². The van der Waals surface area contributed by atoms with Crippen molar-refractivity contribution in [3.8, 4) is 0 Å². The highest BCUT2D eigenvalue weighted by Crippen LogP contribution is 2.32. The molecule has 0 spiro atoms. The van der Waals surface area contributed by atoms with Crippen LogP contribution >= 0.6 is 23.2 Å². The molecular weight excluding hydrogens is 289 g/mol. The van der Waals surface area contributed by atoms with E-state index in [9.17, 15) is 0 Å². The number of nitrogens with one attached hydrogen (secondary N) is 1. The first-order valence-electron chi connectivity index (χ1n) is 7.88. The molecule has 1 aromatic rings. The lowest BCUT2D eigenvalue weighted by atomic mass is 9.88. The summed E-state index contributed by atoms with van der Waals surface area (Å²) in [4.78, 5) is 0. The summed E-state index contributed by atoms with van der Waals surface area (Å²) >= 11 is 12.5. The minimum absolute atomic E-state index is 0.632. The van der Waals surface area contributed by atoms with Crippen LogP contribution in [0.2, 0.25) is 10.0 Å². The molecule has 0 aliphatic heterocycles. The maximum atomic E-state index is 6.35. The maximum Gasteiger partial charge on any atom is 0.0624 e. The van der Waals surface area contributed by atoms with Gasteiger partial charge in [-0.25, -0.2) is 0 Å². The van der Waals surface area contributed by atoms with Gasteiger partial charge in [-0.1, -0.05) is 61.5 Å². The first-order valence-corrected chi connectivity index (χ1v) is 8.64. The van der Waals surface area contributed by atoms with Crippen molar-refractivity contribution in [2.75, 3.05) is 6.54 Å². The van der Waals surface area contributed by atoms with Gasteiger partial charge in [0.25, 0.3) is 0 Å². The minimum Gasteiger partial charge on any atom is -0.314 e. The van der Waals surface area contributed by atoms with Crippen molar-refractivity contribution >= 4 is 23.2 Å². The van der Waals surface area contributed by atoms with Crippen LogP contribution in [0.5, 0.6) is 0 Å². The van der Waals surface area contributed by atoms with Crippen LogP contribution in [0.25, 0.3) is 0 Å². The fourth-order valence-corrected chi connectivity index (χ4v) is 3.61. The summed E-state index contributed by atoms with van der Waals surface area (Å²) in [5, 5.41) is 5.16. The minimum atomic E-state index is 0.632. The van der Waals surface area contributed by atoms with Crippen molar-refractivity contribution in [3.05, 3.63) is 33.8 Å². The highest BCUT2D eigenvalue weighted by molar-refractivity contribution is 6.42. The van der Waals surface area contributed by atoms with E-state index in [2.05, 4.69) is 18.3 Å². The van der Waals surface area contributed by atoms with E-state index in [0.29, 0.717) is 17.0 Å². The smallest absolute Gasteiger partial charge is 0.0624 e. The van der Waals surface area contributed by atoms with Crippen molar-refractivity contribution in [3.63, 3.8) is 0 Å². The van der Waals surface area contributed by atoms with Gasteiger partial charge >= 0.3 is 0 Å². The van der Waals surface area contributed by atoms with Crippen LogP contribution in [0.15, 0.2) is 18.2 Å². The summed E-state index contributed by atoms with van der Waals surface area (Å²) in [7, 11) is 0. The van der Waals surface area contributed by atoms with Crippen LogP contribution in [0, 0.1) is 5.92 Å². The van der Waals surface area contributed by atoms with E-state index in [0.717, 1.165) is 18.0 Å². The van der Waals surface area contributed by atoms with E-state index in [1.54, 1.807) is 0 Å². The molecule has 1 fully saturated rings. The van der Waals surface area contributed by atoms with Gasteiger partial charge in [-0.15, -0.1) is 0 Å². The quantitative estimate of drug-likeness (QED) is 0.709. The highest BCUT2D eigenvalue weighted by atomic mass is 35.5. The zero-order valence-corrected chi connectivity index (χ0v) is 13.8. The molecule has 0 bridgehead atoms. The second kappa shape index (κ2) is 8.26. The summed E-state index contributed by atoms with van der Waals surface area (Å²) < 4.78 is 0. The maximum absolute atomic E-state index is 6.35. The van der Waals surface area contributed by atoms with E-state index >= 15 is 0 Å². The summed E-state index contributed by atoms with van der Waals surface area (Å²) in [6, 6.07) is 6.63. The highest BCUT2D eigenvalue weighted by Gasteiger charge is 2.24. The lowest BCUT2D eigenvalue weighted by Gasteiger charge is -2.27. The van der Waals surface area contributed by atoms with Crippen molar-refractivity contribution in [1.82, 2.24) is 5.32 Å². The van der Waals surface area contributed by atoms with E-state index < -0.39 is 0 Å². The number of hydrogen-bond donors (Lipinski definition) is 1. The lowest BCUT2D eigenvalue weighted by molar-refractivity contribution is 0.332. The Morgan fingerprint density at radius 1 is 1.15 bits per heavy atom. The van der Waals surface area contributed by atoms with Crippen LogP contribution in [0.3, 0.4) is 0 Å². The van der Waals surface area contributed by atoms with Gasteiger partial charge in [0.2, 0.25) is 0 Å². The number of halogens is 2. The third kappa shape index (κ3) is 4.38. The SMILES string of the molecule is CCCNC1CCCCCC1Cc1cccc(Cl)c1Cl. The van der Waals surface area contributed by atoms with Crippen LogP contribution in [0.1, 0.15) is 51.0 Å². The number of hydrogen-bond acceptors (Lipinski definition) is 1. The molecule has 1 saturated carbocycles. The normalized spacial score (nSPS) is 23.6. The largest absolute Gasteiger partial charge is 0.314 e. The predicted octanol–water partition coefficient (Wildman–Crippen LogP) is 5.48. The molecule has 1 aliphatic carbocycles. The Morgan fingerprint density at radius 2 is 1.95 bits per heavy atom. The summed E-state index contributed by atoms with van der Waals surface area (Å²) in [5.41, 5.74) is 1.20. The van der Waals surface area contributed by atoms with E-state index in [1.165, 1.54) is 44.1 Å². The number of rotatable bonds is 5. The Balaban J connectivity index is 2.08. The zero-order chi connectivity index (χ0) is 14.4. The fourth-order valence-electron chi connectivity index (χ4n) is 3.22. The van der Waals surface area contributed by atoms with Gasteiger partial charge in [0, 0.05) is 6.04 Å². The summed E-state index contributed by atoms with van der Waals surface area (Å²) in [5.74, 6) is 0.681. The van der Waals surface area contributed by atoms with Crippen LogP contribution in [-0.4, -0.2) is 12.6 Å². The zero-order valence-electron chi connectivity index (χ0n) is 12.3. The lowest BCUT2D eigenvalue weighted by Crippen LogP contribution is -2.37. The van der Waals surface area contributed by atoms with Crippen molar-refractivity contribution < 1.29 is 0 Å². The second-order valence-electron chi connectivity index (χ2n) is 5.88. The molecule has 0 aromatic heterocycles. The molecule has 2 atom stereocenters. The Hall–Kier alpha value is -0.240. The van der Waals surface area contributed by atoms with Gasteiger partial charge in [-0.3, -0.25) is 0 Å². The fraction of sp³-hybridized carbons (Fsp3) is 0.647. The first-order chi connectivity index (χ1) is 9.72. The monoisotopic (exact) mass is 313 g/mol. The summed E-state index contributed by atoms with van der Waals surface area (Å²) in [6.07, 6.45) is 8.88. The molecule has 1 aliphatic rings. The molecule has 2 unspecified atom stereocenters. The molecule has 0 heterocycles. The van der Waals surface area contributed by atoms with Gasteiger partial charge < -0.3 is 5.32 Å². The van der Waals surface area contributed by atoms with Gasteiger partial charge in [-0.2, -0.15) is 0 Å². The molecular formula is C17H25Cl2N. The van der Waals surface area contributed by atoms with Crippen LogP contribution in [0.4, 0.5) is 0 Å². The molecule has 0 saturated heterocycles. The molecule has 2 rings (SSSR count). The average Bonchev–Trinajstić information content (AvgIpc) is 2.67. The van der Waals surface area contributed by atoms with Crippen molar-refractivity contribution in [2.24, 2.45) is 5.92 Å². The van der Waals surface area contributed by atoms with Gasteiger partial charge in [0.1, 0.15) is 0 Å². The van der Waals surface area contributed by atoms with E-state index in [-0.39, 0.29) is 0 Å². The molecule has 1 N–H and O–H groups in total. The molecule has 1 aromatic carbocycles. The Labute approximate surface area is 133 Å².